The number of amides is 2. The van der Waals surface area contributed by atoms with Crippen molar-refractivity contribution in [2.45, 2.75) is 25.9 Å². The average molecular weight is 523 g/mol. The molecule has 0 unspecified atom stereocenters. The summed E-state index contributed by atoms with van der Waals surface area (Å²) < 4.78 is 17.4. The summed E-state index contributed by atoms with van der Waals surface area (Å²) in [7, 11) is 1.49. The van der Waals surface area contributed by atoms with Crippen LogP contribution < -0.4 is 14.4 Å². The molecule has 1 saturated heterocycles. The summed E-state index contributed by atoms with van der Waals surface area (Å²) in [6, 6.07) is 18.2. The number of para-hydroxylation sites is 2. The topological polar surface area (TPSA) is 102 Å². The minimum atomic E-state index is -0.852. The molecular weight excluding hydrogens is 496 g/mol. The van der Waals surface area contributed by atoms with Crippen LogP contribution in [0, 0.1) is 17.8 Å². The lowest BCUT2D eigenvalue weighted by Gasteiger charge is -2.46. The maximum absolute atomic E-state index is 14.0. The van der Waals surface area contributed by atoms with Crippen molar-refractivity contribution in [1.82, 2.24) is 4.98 Å². The van der Waals surface area contributed by atoms with Crippen molar-refractivity contribution in [3.63, 3.8) is 0 Å². The zero-order valence-electron chi connectivity index (χ0n) is 21.7. The van der Waals surface area contributed by atoms with E-state index < -0.39 is 17.4 Å². The van der Waals surface area contributed by atoms with E-state index in [0.717, 1.165) is 22.2 Å². The fraction of sp³-hybridized carbons (Fsp3) is 0.258. The van der Waals surface area contributed by atoms with E-state index in [9.17, 15) is 14.7 Å². The van der Waals surface area contributed by atoms with Crippen molar-refractivity contribution >= 4 is 34.2 Å². The predicted octanol–water partition coefficient (Wildman–Crippen LogP) is 5.59. The molecule has 1 aromatic heterocycles. The smallest absolute Gasteiger partial charge is 0.238 e. The number of phenolic OH excluding ortho intramolecular Hbond substituents is 1. The van der Waals surface area contributed by atoms with Crippen LogP contribution in [0.1, 0.15) is 25.8 Å². The molecule has 0 spiro atoms. The van der Waals surface area contributed by atoms with Crippen molar-refractivity contribution in [2.75, 3.05) is 12.0 Å². The number of anilines is 1. The molecule has 1 fully saturated rings. The molecule has 2 aliphatic heterocycles. The van der Waals surface area contributed by atoms with Crippen molar-refractivity contribution < 1.29 is 28.6 Å². The largest absolute Gasteiger partial charge is 0.502 e. The molecule has 3 atom stereocenters. The number of phenols is 1. The molecule has 7 rings (SSSR count). The summed E-state index contributed by atoms with van der Waals surface area (Å²) in [4.78, 5) is 33.4. The molecular formula is C31H26N2O6. The average Bonchev–Trinajstić information content (AvgIpc) is 3.48. The SMILES string of the molecule is COc1ccc2c(c1O)OC(C)(C)[C@@H]1C2=CC[C@@H]2C(=O)N(c3ccc(-c4nc5ccccc5o4)cc3)C(=O)[C@@H]21. The highest BCUT2D eigenvalue weighted by Crippen LogP contribution is 2.58. The highest BCUT2D eigenvalue weighted by molar-refractivity contribution is 6.23. The Kier molecular flexibility index (Phi) is 4.95. The molecule has 8 heteroatoms. The van der Waals surface area contributed by atoms with Gasteiger partial charge in [0.1, 0.15) is 11.1 Å². The minimum Gasteiger partial charge on any atom is -0.502 e. The van der Waals surface area contributed by atoms with Crippen LogP contribution in [0.25, 0.3) is 28.1 Å². The number of nitrogens with zero attached hydrogens (tertiary/aromatic N) is 2. The Morgan fingerprint density at radius 3 is 2.54 bits per heavy atom. The monoisotopic (exact) mass is 522 g/mol. The molecule has 3 heterocycles. The van der Waals surface area contributed by atoms with Gasteiger partial charge in [-0.15, -0.1) is 0 Å². The fourth-order valence-electron chi connectivity index (χ4n) is 6.41. The highest BCUT2D eigenvalue weighted by atomic mass is 16.5. The Balaban J connectivity index is 1.23. The Hall–Kier alpha value is -4.59. The van der Waals surface area contributed by atoms with Crippen molar-refractivity contribution in [1.29, 1.82) is 0 Å². The summed E-state index contributed by atoms with van der Waals surface area (Å²) in [5.41, 5.74) is 3.50. The Morgan fingerprint density at radius 2 is 1.79 bits per heavy atom. The van der Waals surface area contributed by atoms with Crippen LogP contribution in [0.5, 0.6) is 17.2 Å². The molecule has 0 bridgehead atoms. The Morgan fingerprint density at radius 1 is 1.03 bits per heavy atom. The van der Waals surface area contributed by atoms with Crippen LogP contribution >= 0.6 is 0 Å². The number of fused-ring (bicyclic) bond motifs is 6. The number of allylic oxidation sites excluding steroid dienone is 1. The third kappa shape index (κ3) is 3.34. The number of hydrogen-bond donors (Lipinski definition) is 1. The van der Waals surface area contributed by atoms with Crippen LogP contribution in [-0.4, -0.2) is 34.6 Å². The van der Waals surface area contributed by atoms with Crippen molar-refractivity contribution in [3.05, 3.63) is 72.3 Å². The summed E-state index contributed by atoms with van der Waals surface area (Å²) >= 11 is 0. The van der Waals surface area contributed by atoms with Gasteiger partial charge in [0, 0.05) is 17.0 Å². The van der Waals surface area contributed by atoms with Gasteiger partial charge < -0.3 is 19.0 Å². The van der Waals surface area contributed by atoms with E-state index in [4.69, 9.17) is 13.9 Å². The van der Waals surface area contributed by atoms with Gasteiger partial charge in [-0.2, -0.15) is 0 Å². The summed E-state index contributed by atoms with van der Waals surface area (Å²) in [6.45, 7) is 3.79. The summed E-state index contributed by atoms with van der Waals surface area (Å²) in [5.74, 6) is -0.830. The Labute approximate surface area is 224 Å². The van der Waals surface area contributed by atoms with Crippen LogP contribution in [0.4, 0.5) is 5.69 Å². The van der Waals surface area contributed by atoms with Crippen LogP contribution in [-0.2, 0) is 9.59 Å². The maximum atomic E-state index is 14.0. The molecule has 3 aliphatic rings. The molecule has 3 aromatic carbocycles. The number of aromatic hydroxyl groups is 1. The zero-order valence-corrected chi connectivity index (χ0v) is 21.7. The second kappa shape index (κ2) is 8.20. The van der Waals surface area contributed by atoms with E-state index in [1.807, 2.05) is 62.4 Å². The highest BCUT2D eigenvalue weighted by Gasteiger charge is 2.59. The van der Waals surface area contributed by atoms with E-state index in [2.05, 4.69) is 4.98 Å². The van der Waals surface area contributed by atoms with E-state index in [1.165, 1.54) is 12.0 Å². The Bertz CT molecular complexity index is 1670. The number of carbonyl (C=O) groups excluding carboxylic acids is 2. The number of methoxy groups -OCH3 is 1. The molecule has 196 valence electrons. The summed E-state index contributed by atoms with van der Waals surface area (Å²) in [6.07, 6.45) is 2.45. The molecule has 4 aromatic rings. The maximum Gasteiger partial charge on any atom is 0.238 e. The number of carbonyl (C=O) groups is 2. The number of imide groups is 1. The molecule has 8 nitrogen and oxygen atoms in total. The number of hydrogen-bond acceptors (Lipinski definition) is 7. The van der Waals surface area contributed by atoms with Crippen LogP contribution in [0.2, 0.25) is 0 Å². The van der Waals surface area contributed by atoms with Gasteiger partial charge in [-0.25, -0.2) is 4.98 Å². The van der Waals surface area contributed by atoms with Crippen LogP contribution in [0.3, 0.4) is 0 Å². The first kappa shape index (κ1) is 23.5. The summed E-state index contributed by atoms with van der Waals surface area (Å²) in [5, 5.41) is 10.8. The lowest BCUT2D eigenvalue weighted by atomic mass is 9.64. The molecule has 1 aliphatic carbocycles. The quantitative estimate of drug-likeness (QED) is 0.350. The first-order chi connectivity index (χ1) is 18.8. The van der Waals surface area contributed by atoms with Gasteiger partial charge >= 0.3 is 0 Å². The number of ether oxygens (including phenoxy) is 2. The lowest BCUT2D eigenvalue weighted by Crippen LogP contribution is -2.49. The third-order valence-corrected chi connectivity index (χ3v) is 8.17. The second-order valence-corrected chi connectivity index (χ2v) is 10.7. The van der Waals surface area contributed by atoms with Gasteiger partial charge in [-0.1, -0.05) is 18.2 Å². The zero-order chi connectivity index (χ0) is 27.1. The number of oxazole rings is 1. The molecule has 2 amide bonds. The van der Waals surface area contributed by atoms with Crippen molar-refractivity contribution in [2.24, 2.45) is 17.8 Å². The molecule has 0 radical (unpaired) electrons. The van der Waals surface area contributed by atoms with Gasteiger partial charge in [-0.05, 0) is 74.4 Å². The van der Waals surface area contributed by atoms with E-state index in [0.29, 0.717) is 35.1 Å². The predicted molar refractivity (Wildman–Crippen MR) is 144 cm³/mol. The first-order valence-electron chi connectivity index (χ1n) is 12.9. The molecule has 0 saturated carbocycles. The molecule has 1 N–H and O–H groups in total. The van der Waals surface area contributed by atoms with Crippen molar-refractivity contribution in [3.8, 4) is 28.7 Å². The normalized spacial score (nSPS) is 23.1. The number of aromatic nitrogens is 1. The van der Waals surface area contributed by atoms with E-state index >= 15 is 0 Å². The van der Waals surface area contributed by atoms with Gasteiger partial charge in [0.15, 0.2) is 17.1 Å². The fourth-order valence-corrected chi connectivity index (χ4v) is 6.41. The second-order valence-electron chi connectivity index (χ2n) is 10.7. The van der Waals surface area contributed by atoms with E-state index in [-0.39, 0.29) is 23.5 Å². The third-order valence-electron chi connectivity index (χ3n) is 8.17. The van der Waals surface area contributed by atoms with Crippen LogP contribution in [0.15, 0.2) is 71.2 Å². The number of benzene rings is 3. The molecule has 39 heavy (non-hydrogen) atoms. The first-order valence-corrected chi connectivity index (χ1v) is 12.9. The minimum absolute atomic E-state index is 0.0703. The van der Waals surface area contributed by atoms with Gasteiger partial charge in [0.2, 0.25) is 23.5 Å². The standard InChI is InChI=1S/C31H26N2O6/c1-31(2)25-18(19-14-15-23(37-3)26(34)27(19)39-31)12-13-20-24(25)30(36)33(29(20)35)17-10-8-16(9-11-17)28-32-21-6-4-5-7-22(21)38-28/h4-12,14-15,20,24-25,34H,13H2,1-3H3/t20-,24-,25+/m0/s1. The van der Waals surface area contributed by atoms with Gasteiger partial charge in [0.25, 0.3) is 0 Å². The van der Waals surface area contributed by atoms with Gasteiger partial charge in [-0.3, -0.25) is 14.5 Å². The lowest BCUT2D eigenvalue weighted by molar-refractivity contribution is -0.124. The number of rotatable bonds is 3. The van der Waals surface area contributed by atoms with E-state index in [1.54, 1.807) is 18.2 Å². The van der Waals surface area contributed by atoms with Gasteiger partial charge in [0.05, 0.1) is 24.6 Å².